The van der Waals surface area contributed by atoms with Crippen molar-refractivity contribution in [3.8, 4) is 0 Å². The van der Waals surface area contributed by atoms with Gasteiger partial charge in [0, 0.05) is 4.90 Å². The Labute approximate surface area is 75.1 Å². The lowest BCUT2D eigenvalue weighted by atomic mass is 10.4. The zero-order chi connectivity index (χ0) is 8.48. The van der Waals surface area contributed by atoms with Crippen molar-refractivity contribution >= 4 is 25.9 Å². The van der Waals surface area contributed by atoms with Gasteiger partial charge < -0.3 is 0 Å². The van der Waals surface area contributed by atoms with Crippen LogP contribution in [0.5, 0.6) is 0 Å². The molecule has 60 valence electrons. The topological polar surface area (TPSA) is 0 Å². The summed E-state index contributed by atoms with van der Waals surface area (Å²) in [5.74, 6) is 0. The van der Waals surface area contributed by atoms with E-state index < -0.39 is 8.07 Å². The van der Waals surface area contributed by atoms with Crippen molar-refractivity contribution in [2.75, 3.05) is 0 Å². The van der Waals surface area contributed by atoms with Gasteiger partial charge in [-0.25, -0.2) is 0 Å². The molecule has 1 rings (SSSR count). The van der Waals surface area contributed by atoms with Crippen LogP contribution in [0, 0.1) is 0 Å². The Balaban J connectivity index is 3.14. The highest BCUT2D eigenvalue weighted by molar-refractivity contribution is 7.80. The summed E-state index contributed by atoms with van der Waals surface area (Å²) in [5, 5.41) is 1.45. The van der Waals surface area contributed by atoms with E-state index in [1.807, 2.05) is 6.07 Å². The molecule has 0 bridgehead atoms. The summed E-state index contributed by atoms with van der Waals surface area (Å²) in [4.78, 5) is 1.15. The van der Waals surface area contributed by atoms with Crippen molar-refractivity contribution in [3.05, 3.63) is 24.3 Å². The molecule has 0 unspecified atom stereocenters. The maximum absolute atomic E-state index is 4.43. The minimum atomic E-state index is -1.15. The molecule has 0 saturated carbocycles. The van der Waals surface area contributed by atoms with Gasteiger partial charge in [0.15, 0.2) is 0 Å². The van der Waals surface area contributed by atoms with Crippen LogP contribution in [0.4, 0.5) is 0 Å². The SMILES string of the molecule is C[Si](C)(C)c1ccccc1S. The van der Waals surface area contributed by atoms with E-state index in [9.17, 15) is 0 Å². The fourth-order valence-electron chi connectivity index (χ4n) is 1.11. The second-order valence-corrected chi connectivity index (χ2v) is 9.29. The molecule has 0 spiro atoms. The zero-order valence-electron chi connectivity index (χ0n) is 7.26. The van der Waals surface area contributed by atoms with Crippen molar-refractivity contribution in [2.24, 2.45) is 0 Å². The van der Waals surface area contributed by atoms with Crippen molar-refractivity contribution < 1.29 is 0 Å². The van der Waals surface area contributed by atoms with Crippen molar-refractivity contribution in [1.29, 1.82) is 0 Å². The molecular formula is C9H14SSi. The van der Waals surface area contributed by atoms with Crippen molar-refractivity contribution in [2.45, 2.75) is 24.5 Å². The number of benzene rings is 1. The molecule has 11 heavy (non-hydrogen) atoms. The van der Waals surface area contributed by atoms with Gasteiger partial charge >= 0.3 is 0 Å². The molecule has 0 saturated heterocycles. The van der Waals surface area contributed by atoms with E-state index in [0.29, 0.717) is 0 Å². The van der Waals surface area contributed by atoms with Crippen LogP contribution in [0.2, 0.25) is 19.6 Å². The summed E-state index contributed by atoms with van der Waals surface area (Å²) in [6.07, 6.45) is 0. The van der Waals surface area contributed by atoms with Crippen LogP contribution in [-0.4, -0.2) is 8.07 Å². The first-order chi connectivity index (χ1) is 5.02. The van der Waals surface area contributed by atoms with Gasteiger partial charge in [0.05, 0.1) is 8.07 Å². The van der Waals surface area contributed by atoms with Crippen LogP contribution < -0.4 is 5.19 Å². The fourth-order valence-corrected chi connectivity index (χ4v) is 3.72. The first kappa shape index (κ1) is 8.88. The van der Waals surface area contributed by atoms with Gasteiger partial charge in [-0.15, -0.1) is 12.6 Å². The monoisotopic (exact) mass is 182 g/mol. The van der Waals surface area contributed by atoms with Crippen molar-refractivity contribution in [1.82, 2.24) is 0 Å². The Morgan fingerprint density at radius 3 is 2.00 bits per heavy atom. The van der Waals surface area contributed by atoms with E-state index in [2.05, 4.69) is 50.5 Å². The Bertz CT molecular complexity index is 250. The lowest BCUT2D eigenvalue weighted by molar-refractivity contribution is 1.50. The molecule has 0 radical (unpaired) electrons. The predicted molar refractivity (Wildman–Crippen MR) is 56.7 cm³/mol. The van der Waals surface area contributed by atoms with Crippen molar-refractivity contribution in [3.63, 3.8) is 0 Å². The van der Waals surface area contributed by atoms with E-state index in [0.717, 1.165) is 4.90 Å². The highest BCUT2D eigenvalue weighted by Crippen LogP contribution is 2.09. The molecule has 0 aliphatic rings. The highest BCUT2D eigenvalue weighted by atomic mass is 32.1. The molecule has 1 aromatic carbocycles. The average Bonchev–Trinajstić information content (AvgIpc) is 1.86. The first-order valence-electron chi connectivity index (χ1n) is 3.80. The van der Waals surface area contributed by atoms with E-state index in [1.165, 1.54) is 5.19 Å². The maximum atomic E-state index is 4.43. The number of rotatable bonds is 1. The quantitative estimate of drug-likeness (QED) is 0.501. The van der Waals surface area contributed by atoms with E-state index in [4.69, 9.17) is 0 Å². The average molecular weight is 182 g/mol. The number of hydrogen-bond donors (Lipinski definition) is 1. The Morgan fingerprint density at radius 2 is 1.64 bits per heavy atom. The van der Waals surface area contributed by atoms with Gasteiger partial charge in [-0.05, 0) is 11.3 Å². The zero-order valence-corrected chi connectivity index (χ0v) is 9.15. The van der Waals surface area contributed by atoms with Gasteiger partial charge in [0.2, 0.25) is 0 Å². The number of hydrogen-bond acceptors (Lipinski definition) is 1. The van der Waals surface area contributed by atoms with Crippen LogP contribution in [0.3, 0.4) is 0 Å². The third-order valence-corrected chi connectivity index (χ3v) is 4.36. The molecular weight excluding hydrogens is 168 g/mol. The Hall–Kier alpha value is -0.213. The van der Waals surface area contributed by atoms with Gasteiger partial charge in [0.1, 0.15) is 0 Å². The number of thiol groups is 1. The maximum Gasteiger partial charge on any atom is 0.0790 e. The second kappa shape index (κ2) is 3.03. The smallest absolute Gasteiger partial charge is 0.0790 e. The molecule has 0 nitrogen and oxygen atoms in total. The van der Waals surface area contributed by atoms with Crippen LogP contribution >= 0.6 is 12.6 Å². The fraction of sp³-hybridized carbons (Fsp3) is 0.333. The molecule has 0 aliphatic heterocycles. The summed E-state index contributed by atoms with van der Waals surface area (Å²) in [6, 6.07) is 8.38. The van der Waals surface area contributed by atoms with Crippen LogP contribution in [0.15, 0.2) is 29.2 Å². The normalized spacial score (nSPS) is 11.6. The van der Waals surface area contributed by atoms with E-state index in [1.54, 1.807) is 0 Å². The summed E-state index contributed by atoms with van der Waals surface area (Å²) >= 11 is 4.43. The summed E-state index contributed by atoms with van der Waals surface area (Å²) < 4.78 is 0. The molecule has 0 aromatic heterocycles. The standard InChI is InChI=1S/C9H14SSi/c1-11(2,3)9-7-5-4-6-8(9)10/h4-7,10H,1-3H3. The highest BCUT2D eigenvalue weighted by Gasteiger charge is 2.17. The van der Waals surface area contributed by atoms with Gasteiger partial charge in [0.25, 0.3) is 0 Å². The third-order valence-electron chi connectivity index (χ3n) is 1.71. The first-order valence-corrected chi connectivity index (χ1v) is 7.75. The molecule has 0 fully saturated rings. The van der Waals surface area contributed by atoms with Gasteiger partial charge in [-0.2, -0.15) is 0 Å². The summed E-state index contributed by atoms with van der Waals surface area (Å²) in [6.45, 7) is 7.01. The summed E-state index contributed by atoms with van der Waals surface area (Å²) in [5.41, 5.74) is 0. The molecule has 1 aromatic rings. The molecule has 2 heteroatoms. The molecule has 0 N–H and O–H groups in total. The van der Waals surface area contributed by atoms with Gasteiger partial charge in [-0.3, -0.25) is 0 Å². The molecule has 0 aliphatic carbocycles. The largest absolute Gasteiger partial charge is 0.144 e. The van der Waals surface area contributed by atoms with E-state index >= 15 is 0 Å². The van der Waals surface area contributed by atoms with Crippen LogP contribution in [0.25, 0.3) is 0 Å². The Kier molecular flexibility index (Phi) is 2.45. The Morgan fingerprint density at radius 1 is 1.09 bits per heavy atom. The molecule has 0 amide bonds. The van der Waals surface area contributed by atoms with Gasteiger partial charge in [-0.1, -0.05) is 37.8 Å². The predicted octanol–water partition coefficient (Wildman–Crippen LogP) is 2.52. The third kappa shape index (κ3) is 2.11. The van der Waals surface area contributed by atoms with Crippen LogP contribution in [-0.2, 0) is 0 Å². The van der Waals surface area contributed by atoms with Crippen LogP contribution in [0.1, 0.15) is 0 Å². The van der Waals surface area contributed by atoms with E-state index in [-0.39, 0.29) is 0 Å². The lowest BCUT2D eigenvalue weighted by Crippen LogP contribution is -2.38. The minimum Gasteiger partial charge on any atom is -0.144 e. The second-order valence-electron chi connectivity index (χ2n) is 3.77. The minimum absolute atomic E-state index is 1.15. The lowest BCUT2D eigenvalue weighted by Gasteiger charge is -2.18. The molecule has 0 atom stereocenters. The molecule has 0 heterocycles. The summed E-state index contributed by atoms with van der Waals surface area (Å²) in [7, 11) is -1.15.